The Morgan fingerprint density at radius 1 is 0.974 bits per heavy atom. The summed E-state index contributed by atoms with van der Waals surface area (Å²) in [6.07, 6.45) is 0.316. The van der Waals surface area contributed by atoms with E-state index >= 15 is 0 Å². The van der Waals surface area contributed by atoms with Gasteiger partial charge < -0.3 is 15.0 Å². The van der Waals surface area contributed by atoms with Crippen LogP contribution in [0.3, 0.4) is 0 Å². The van der Waals surface area contributed by atoms with E-state index in [1.54, 1.807) is 74.5 Å². The molecule has 3 aromatic carbocycles. The second kappa shape index (κ2) is 13.5. The number of rotatable bonds is 12. The number of hydrogen-bond donors (Lipinski definition) is 1. The third-order valence-corrected chi connectivity index (χ3v) is 8.40. The van der Waals surface area contributed by atoms with Gasteiger partial charge in [0.15, 0.2) is 0 Å². The van der Waals surface area contributed by atoms with Crippen LogP contribution in [0.5, 0.6) is 5.75 Å². The van der Waals surface area contributed by atoms with Crippen LogP contribution in [0.4, 0.5) is 5.69 Å². The second-order valence-corrected chi connectivity index (χ2v) is 11.1. The van der Waals surface area contributed by atoms with Crippen molar-refractivity contribution in [3.63, 3.8) is 0 Å². The maximum absolute atomic E-state index is 14.0. The number of carbonyl (C=O) groups is 2. The summed E-state index contributed by atoms with van der Waals surface area (Å²) < 4.78 is 34.8. The van der Waals surface area contributed by atoms with Crippen LogP contribution < -0.4 is 14.4 Å². The Morgan fingerprint density at radius 2 is 1.62 bits per heavy atom. The second-order valence-electron chi connectivity index (χ2n) is 8.88. The number of nitrogens with one attached hydrogen (secondary N) is 1. The van der Waals surface area contributed by atoms with Crippen LogP contribution in [0.1, 0.15) is 31.4 Å². The predicted molar refractivity (Wildman–Crippen MR) is 153 cm³/mol. The normalized spacial score (nSPS) is 11.9. The molecule has 0 radical (unpaired) electrons. The average Bonchev–Trinajstić information content (AvgIpc) is 2.93. The Labute approximate surface area is 235 Å². The first-order valence-electron chi connectivity index (χ1n) is 12.7. The van der Waals surface area contributed by atoms with Crippen molar-refractivity contribution in [3.8, 4) is 5.75 Å². The van der Waals surface area contributed by atoms with Crippen molar-refractivity contribution in [2.75, 3.05) is 24.5 Å². The zero-order valence-electron chi connectivity index (χ0n) is 22.6. The number of amides is 2. The quantitative estimate of drug-likeness (QED) is 0.337. The van der Waals surface area contributed by atoms with Gasteiger partial charge in [0, 0.05) is 18.6 Å². The molecule has 0 aliphatic heterocycles. The van der Waals surface area contributed by atoms with Crippen molar-refractivity contribution in [2.45, 2.75) is 44.7 Å². The number of likely N-dealkylation sites (N-methyl/N-ethyl adjacent to an activating group) is 1. The molecule has 0 aliphatic carbocycles. The van der Waals surface area contributed by atoms with Gasteiger partial charge in [-0.1, -0.05) is 66.6 Å². The third kappa shape index (κ3) is 7.10. The summed E-state index contributed by atoms with van der Waals surface area (Å²) >= 11 is 6.40. The zero-order valence-corrected chi connectivity index (χ0v) is 24.1. The lowest BCUT2D eigenvalue weighted by Gasteiger charge is -2.33. The number of anilines is 1. The van der Waals surface area contributed by atoms with Crippen LogP contribution in [-0.2, 0) is 26.2 Å². The molecular formula is C29H34ClN3O5S. The van der Waals surface area contributed by atoms with E-state index in [1.807, 2.05) is 6.92 Å². The highest BCUT2D eigenvalue weighted by Gasteiger charge is 2.34. The van der Waals surface area contributed by atoms with Crippen LogP contribution in [0.2, 0.25) is 5.02 Å². The Balaban J connectivity index is 2.12. The number of halogens is 1. The largest absolute Gasteiger partial charge is 0.492 e. The zero-order chi connectivity index (χ0) is 28.6. The molecule has 0 fully saturated rings. The predicted octanol–water partition coefficient (Wildman–Crippen LogP) is 4.80. The van der Waals surface area contributed by atoms with E-state index in [0.29, 0.717) is 29.4 Å². The van der Waals surface area contributed by atoms with E-state index in [1.165, 1.54) is 24.1 Å². The molecule has 39 heavy (non-hydrogen) atoms. The Bertz CT molecular complexity index is 1400. The number of nitrogens with zero attached hydrogens (tertiary/aromatic N) is 2. The van der Waals surface area contributed by atoms with Crippen molar-refractivity contribution in [3.05, 3.63) is 88.9 Å². The van der Waals surface area contributed by atoms with Gasteiger partial charge in [0.1, 0.15) is 18.3 Å². The van der Waals surface area contributed by atoms with Gasteiger partial charge in [0.25, 0.3) is 10.0 Å². The molecule has 2 amide bonds. The molecule has 208 valence electrons. The first kappa shape index (κ1) is 30.0. The number of carbonyl (C=O) groups excluding carboxylic acids is 2. The first-order valence-corrected chi connectivity index (χ1v) is 14.5. The highest BCUT2D eigenvalue weighted by atomic mass is 35.5. The molecule has 3 aromatic rings. The van der Waals surface area contributed by atoms with Crippen molar-refractivity contribution < 1.29 is 22.7 Å². The Hall–Kier alpha value is -3.56. The van der Waals surface area contributed by atoms with E-state index in [0.717, 1.165) is 9.87 Å². The minimum absolute atomic E-state index is 0.0238. The van der Waals surface area contributed by atoms with Crippen LogP contribution in [0.15, 0.2) is 77.7 Å². The Kier molecular flexibility index (Phi) is 10.4. The third-order valence-electron chi connectivity index (χ3n) is 6.25. The van der Waals surface area contributed by atoms with E-state index in [-0.39, 0.29) is 23.0 Å². The number of aryl methyl sites for hydroxylation is 1. The highest BCUT2D eigenvalue weighted by Crippen LogP contribution is 2.33. The summed E-state index contributed by atoms with van der Waals surface area (Å²) in [7, 11) is -2.70. The summed E-state index contributed by atoms with van der Waals surface area (Å²) in [5.41, 5.74) is 1.75. The van der Waals surface area contributed by atoms with Crippen LogP contribution in [0, 0.1) is 6.92 Å². The maximum Gasteiger partial charge on any atom is 0.264 e. The van der Waals surface area contributed by atoms with Gasteiger partial charge in [0.05, 0.1) is 17.2 Å². The SMILES string of the molecule is CCOc1ccccc1N(CC(=O)N(Cc1ccccc1Cl)[C@H](CC)C(=O)NC)S(=O)(=O)c1ccc(C)cc1. The smallest absolute Gasteiger partial charge is 0.264 e. The highest BCUT2D eigenvalue weighted by molar-refractivity contribution is 7.92. The molecule has 0 aromatic heterocycles. The molecule has 0 spiro atoms. The van der Waals surface area contributed by atoms with Gasteiger partial charge in [-0.3, -0.25) is 13.9 Å². The molecule has 0 saturated carbocycles. The van der Waals surface area contributed by atoms with Crippen LogP contribution in [0.25, 0.3) is 0 Å². The average molecular weight is 572 g/mol. The summed E-state index contributed by atoms with van der Waals surface area (Å²) in [4.78, 5) is 28.2. The molecular weight excluding hydrogens is 538 g/mol. The standard InChI is InChI=1S/C29H34ClN3O5S/c1-5-25(29(35)31-4)32(19-22-11-7-8-12-24(22)30)28(34)20-33(26-13-9-10-14-27(26)38-6-2)39(36,37)23-17-15-21(3)16-18-23/h7-18,25H,5-6,19-20H2,1-4H3,(H,31,35)/t25-/m1/s1. The summed E-state index contributed by atoms with van der Waals surface area (Å²) in [5, 5.41) is 3.04. The summed E-state index contributed by atoms with van der Waals surface area (Å²) in [5.74, 6) is -0.604. The molecule has 0 unspecified atom stereocenters. The van der Waals surface area contributed by atoms with Crippen molar-refractivity contribution in [2.24, 2.45) is 0 Å². The topological polar surface area (TPSA) is 96.0 Å². The lowest BCUT2D eigenvalue weighted by molar-refractivity contribution is -0.140. The van der Waals surface area contributed by atoms with Crippen LogP contribution >= 0.6 is 11.6 Å². The van der Waals surface area contributed by atoms with Crippen molar-refractivity contribution >= 4 is 39.1 Å². The van der Waals surface area contributed by atoms with Crippen molar-refractivity contribution in [1.29, 1.82) is 0 Å². The number of para-hydroxylation sites is 2. The van der Waals surface area contributed by atoms with Gasteiger partial charge in [-0.25, -0.2) is 8.42 Å². The van der Waals surface area contributed by atoms with E-state index in [9.17, 15) is 18.0 Å². The van der Waals surface area contributed by atoms with E-state index in [4.69, 9.17) is 16.3 Å². The maximum atomic E-state index is 14.0. The van der Waals surface area contributed by atoms with Gasteiger partial charge in [-0.2, -0.15) is 0 Å². The minimum Gasteiger partial charge on any atom is -0.492 e. The number of benzene rings is 3. The Morgan fingerprint density at radius 3 is 2.23 bits per heavy atom. The minimum atomic E-state index is -4.20. The van der Waals surface area contributed by atoms with E-state index < -0.39 is 28.5 Å². The molecule has 0 heterocycles. The number of sulfonamides is 1. The summed E-state index contributed by atoms with van der Waals surface area (Å²) in [6, 6.07) is 19.3. The molecule has 1 N–H and O–H groups in total. The fraction of sp³-hybridized carbons (Fsp3) is 0.310. The molecule has 8 nitrogen and oxygen atoms in total. The molecule has 0 aliphatic rings. The lowest BCUT2D eigenvalue weighted by atomic mass is 10.1. The summed E-state index contributed by atoms with van der Waals surface area (Å²) in [6.45, 7) is 5.21. The van der Waals surface area contributed by atoms with Crippen LogP contribution in [-0.4, -0.2) is 51.4 Å². The van der Waals surface area contributed by atoms with Gasteiger partial charge in [0.2, 0.25) is 11.8 Å². The van der Waals surface area contributed by atoms with Gasteiger partial charge in [-0.15, -0.1) is 0 Å². The number of hydrogen-bond acceptors (Lipinski definition) is 5. The fourth-order valence-corrected chi connectivity index (χ4v) is 5.81. The van der Waals surface area contributed by atoms with E-state index in [2.05, 4.69) is 5.32 Å². The molecule has 3 rings (SSSR count). The van der Waals surface area contributed by atoms with Gasteiger partial charge in [-0.05, 0) is 56.2 Å². The molecule has 10 heteroatoms. The molecule has 0 bridgehead atoms. The lowest BCUT2D eigenvalue weighted by Crippen LogP contribution is -2.51. The first-order chi connectivity index (χ1) is 18.6. The van der Waals surface area contributed by atoms with Gasteiger partial charge >= 0.3 is 0 Å². The molecule has 1 atom stereocenters. The monoisotopic (exact) mass is 571 g/mol. The fourth-order valence-electron chi connectivity index (χ4n) is 4.19. The number of ether oxygens (including phenoxy) is 1. The van der Waals surface area contributed by atoms with Crippen molar-refractivity contribution in [1.82, 2.24) is 10.2 Å². The molecule has 0 saturated heterocycles.